The van der Waals surface area contributed by atoms with Crippen molar-refractivity contribution in [2.24, 2.45) is 5.41 Å². The van der Waals surface area contributed by atoms with Crippen molar-refractivity contribution in [3.05, 3.63) is 40.6 Å². The maximum atomic E-state index is 12.1. The topological polar surface area (TPSA) is 67.4 Å². The first-order valence-corrected chi connectivity index (χ1v) is 7.77. The lowest BCUT2D eigenvalue weighted by Gasteiger charge is -2.18. The molecule has 2 amide bonds. The Morgan fingerprint density at radius 2 is 2.18 bits per heavy atom. The van der Waals surface area contributed by atoms with Gasteiger partial charge in [0.25, 0.3) is 5.91 Å². The average molecular weight is 316 g/mol. The van der Waals surface area contributed by atoms with Crippen LogP contribution in [0.2, 0.25) is 0 Å². The number of hydrogen-bond acceptors (Lipinski definition) is 4. The number of carbonyl (C=O) groups excluding carboxylic acids is 2. The van der Waals surface area contributed by atoms with E-state index < -0.39 is 5.41 Å². The lowest BCUT2D eigenvalue weighted by atomic mass is 9.94. The Bertz CT molecular complexity index is 723. The Labute approximate surface area is 132 Å². The van der Waals surface area contributed by atoms with Gasteiger partial charge in [0.2, 0.25) is 5.91 Å². The van der Waals surface area contributed by atoms with E-state index in [9.17, 15) is 9.59 Å². The molecule has 0 spiro atoms. The highest BCUT2D eigenvalue weighted by Gasteiger charge is 2.32. The molecule has 0 atom stereocenters. The molecule has 0 unspecified atom stereocenters. The van der Waals surface area contributed by atoms with Crippen molar-refractivity contribution >= 4 is 34.5 Å². The number of thiophene rings is 1. The Kier molecular flexibility index (Phi) is 3.62. The SMILES string of the molecule is CC1(C)COc2ccc(NC(=O)c3cccs3)cc2NC1=O. The highest BCUT2D eigenvalue weighted by Crippen LogP contribution is 2.34. The number of fused-ring (bicyclic) bond motifs is 1. The normalized spacial score (nSPS) is 16.0. The molecule has 0 aliphatic carbocycles. The van der Waals surface area contributed by atoms with Crippen molar-refractivity contribution in [2.45, 2.75) is 13.8 Å². The largest absolute Gasteiger partial charge is 0.490 e. The van der Waals surface area contributed by atoms with Crippen LogP contribution in [0.5, 0.6) is 5.75 Å². The molecule has 1 aromatic heterocycles. The number of carbonyl (C=O) groups is 2. The molecule has 3 rings (SSSR count). The summed E-state index contributed by atoms with van der Waals surface area (Å²) in [6, 6.07) is 8.81. The minimum atomic E-state index is -0.598. The third-order valence-corrected chi connectivity index (χ3v) is 4.30. The van der Waals surface area contributed by atoms with Crippen molar-refractivity contribution < 1.29 is 14.3 Å². The van der Waals surface area contributed by atoms with Crippen LogP contribution in [-0.4, -0.2) is 18.4 Å². The van der Waals surface area contributed by atoms with Crippen molar-refractivity contribution in [1.82, 2.24) is 0 Å². The smallest absolute Gasteiger partial charge is 0.265 e. The summed E-state index contributed by atoms with van der Waals surface area (Å²) in [4.78, 5) is 24.8. The molecule has 6 heteroatoms. The predicted molar refractivity (Wildman–Crippen MR) is 86.6 cm³/mol. The van der Waals surface area contributed by atoms with Gasteiger partial charge in [0, 0.05) is 5.69 Å². The molecule has 0 saturated heterocycles. The van der Waals surface area contributed by atoms with Gasteiger partial charge < -0.3 is 15.4 Å². The zero-order chi connectivity index (χ0) is 15.7. The molecule has 22 heavy (non-hydrogen) atoms. The Balaban J connectivity index is 1.83. The summed E-state index contributed by atoms with van der Waals surface area (Å²) in [5, 5.41) is 7.51. The van der Waals surface area contributed by atoms with Gasteiger partial charge in [-0.05, 0) is 43.5 Å². The van der Waals surface area contributed by atoms with Crippen molar-refractivity contribution in [1.29, 1.82) is 0 Å². The van der Waals surface area contributed by atoms with Crippen molar-refractivity contribution in [2.75, 3.05) is 17.2 Å². The second-order valence-electron chi connectivity index (χ2n) is 5.77. The fourth-order valence-corrected chi connectivity index (χ4v) is 2.67. The monoisotopic (exact) mass is 316 g/mol. The first kappa shape index (κ1) is 14.6. The van der Waals surface area contributed by atoms with Crippen LogP contribution in [-0.2, 0) is 4.79 Å². The van der Waals surface area contributed by atoms with Crippen LogP contribution in [0.25, 0.3) is 0 Å². The van der Waals surface area contributed by atoms with E-state index in [0.717, 1.165) is 0 Å². The van der Waals surface area contributed by atoms with Crippen LogP contribution in [0.4, 0.5) is 11.4 Å². The number of benzene rings is 1. The van der Waals surface area contributed by atoms with E-state index >= 15 is 0 Å². The van der Waals surface area contributed by atoms with E-state index in [-0.39, 0.29) is 11.8 Å². The minimum absolute atomic E-state index is 0.104. The van der Waals surface area contributed by atoms with Gasteiger partial charge in [0.15, 0.2) is 0 Å². The van der Waals surface area contributed by atoms with E-state index in [2.05, 4.69) is 10.6 Å². The molecule has 2 heterocycles. The Morgan fingerprint density at radius 1 is 1.36 bits per heavy atom. The van der Waals surface area contributed by atoms with Crippen LogP contribution in [0, 0.1) is 5.41 Å². The molecule has 0 fully saturated rings. The van der Waals surface area contributed by atoms with Gasteiger partial charge in [-0.15, -0.1) is 11.3 Å². The third-order valence-electron chi connectivity index (χ3n) is 3.43. The van der Waals surface area contributed by atoms with Crippen molar-refractivity contribution in [3.8, 4) is 5.75 Å². The molecule has 1 aromatic carbocycles. The molecular weight excluding hydrogens is 300 g/mol. The summed E-state index contributed by atoms with van der Waals surface area (Å²) >= 11 is 1.38. The Morgan fingerprint density at radius 3 is 2.91 bits per heavy atom. The van der Waals surface area contributed by atoms with Crippen LogP contribution < -0.4 is 15.4 Å². The number of rotatable bonds is 2. The molecule has 114 valence electrons. The molecule has 1 aliphatic rings. The number of nitrogens with one attached hydrogen (secondary N) is 2. The van der Waals surface area contributed by atoms with Gasteiger partial charge in [-0.3, -0.25) is 9.59 Å². The summed E-state index contributed by atoms with van der Waals surface area (Å²) in [5.74, 6) is 0.331. The summed E-state index contributed by atoms with van der Waals surface area (Å²) in [6.07, 6.45) is 0. The second-order valence-corrected chi connectivity index (χ2v) is 6.72. The highest BCUT2D eigenvalue weighted by molar-refractivity contribution is 7.12. The molecule has 1 aliphatic heterocycles. The van der Waals surface area contributed by atoms with E-state index in [1.165, 1.54) is 11.3 Å². The molecule has 0 saturated carbocycles. The second kappa shape index (κ2) is 5.46. The highest BCUT2D eigenvalue weighted by atomic mass is 32.1. The molecule has 2 aromatic rings. The van der Waals surface area contributed by atoms with Gasteiger partial charge in [-0.25, -0.2) is 0 Å². The van der Waals surface area contributed by atoms with E-state index in [4.69, 9.17) is 4.74 Å². The first-order valence-electron chi connectivity index (χ1n) is 6.89. The van der Waals surface area contributed by atoms with Gasteiger partial charge >= 0.3 is 0 Å². The van der Waals surface area contributed by atoms with Gasteiger partial charge in [-0.2, -0.15) is 0 Å². The first-order chi connectivity index (χ1) is 10.5. The van der Waals surface area contributed by atoms with E-state index in [1.54, 1.807) is 24.3 Å². The van der Waals surface area contributed by atoms with Crippen LogP contribution in [0.15, 0.2) is 35.7 Å². The maximum Gasteiger partial charge on any atom is 0.265 e. The maximum absolute atomic E-state index is 12.1. The fraction of sp³-hybridized carbons (Fsp3) is 0.250. The fourth-order valence-electron chi connectivity index (χ4n) is 2.05. The molecule has 0 radical (unpaired) electrons. The molecule has 5 nitrogen and oxygen atoms in total. The van der Waals surface area contributed by atoms with Crippen LogP contribution >= 0.6 is 11.3 Å². The van der Waals surface area contributed by atoms with E-state index in [1.807, 2.05) is 25.3 Å². The molecular formula is C16H16N2O3S. The predicted octanol–water partition coefficient (Wildman–Crippen LogP) is 3.36. The van der Waals surface area contributed by atoms with Crippen molar-refractivity contribution in [3.63, 3.8) is 0 Å². The molecule has 2 N–H and O–H groups in total. The number of ether oxygens (including phenoxy) is 1. The summed E-state index contributed by atoms with van der Waals surface area (Å²) < 4.78 is 5.67. The summed E-state index contributed by atoms with van der Waals surface area (Å²) in [7, 11) is 0. The number of hydrogen-bond donors (Lipinski definition) is 2. The minimum Gasteiger partial charge on any atom is -0.490 e. The van der Waals surface area contributed by atoms with Gasteiger partial charge in [0.1, 0.15) is 12.4 Å². The number of anilines is 2. The lowest BCUT2D eigenvalue weighted by molar-refractivity contribution is -0.124. The quantitative estimate of drug-likeness (QED) is 0.893. The Hall–Kier alpha value is -2.34. The average Bonchev–Trinajstić information content (AvgIpc) is 2.97. The zero-order valence-corrected chi connectivity index (χ0v) is 13.1. The van der Waals surface area contributed by atoms with Crippen LogP contribution in [0.3, 0.4) is 0 Å². The standard InChI is InChI=1S/C16H16N2O3S/c1-16(2)9-21-12-6-5-10(8-11(12)18-15(16)20)17-14(19)13-4-3-7-22-13/h3-8H,9H2,1-2H3,(H,17,19)(H,18,20). The lowest BCUT2D eigenvalue weighted by Crippen LogP contribution is -2.33. The zero-order valence-electron chi connectivity index (χ0n) is 12.3. The summed E-state index contributed by atoms with van der Waals surface area (Å²) in [5.41, 5.74) is 0.583. The summed E-state index contributed by atoms with van der Waals surface area (Å²) in [6.45, 7) is 3.97. The number of amides is 2. The van der Waals surface area contributed by atoms with Gasteiger partial charge in [-0.1, -0.05) is 6.07 Å². The third kappa shape index (κ3) is 2.82. The van der Waals surface area contributed by atoms with E-state index in [0.29, 0.717) is 28.6 Å². The van der Waals surface area contributed by atoms with Gasteiger partial charge in [0.05, 0.1) is 16.0 Å². The van der Waals surface area contributed by atoms with Crippen LogP contribution in [0.1, 0.15) is 23.5 Å². The molecule has 0 bridgehead atoms.